The van der Waals surface area contributed by atoms with Crippen molar-refractivity contribution in [1.82, 2.24) is 15.1 Å². The van der Waals surface area contributed by atoms with E-state index in [-0.39, 0.29) is 24.2 Å². The number of morpholine rings is 1. The lowest BCUT2D eigenvalue weighted by Crippen LogP contribution is -2.51. The molecule has 2 aliphatic heterocycles. The zero-order valence-corrected chi connectivity index (χ0v) is 19.0. The molecule has 0 bridgehead atoms. The van der Waals surface area contributed by atoms with Crippen LogP contribution in [0.15, 0.2) is 18.2 Å². The van der Waals surface area contributed by atoms with E-state index in [1.54, 1.807) is 14.2 Å². The Balaban J connectivity index is 1.56. The first-order chi connectivity index (χ1) is 14.4. The number of hydrogen-bond donors (Lipinski definition) is 1. The monoisotopic (exact) mass is 419 g/mol. The van der Waals surface area contributed by atoms with E-state index in [9.17, 15) is 4.79 Å². The Labute approximate surface area is 180 Å². The number of ether oxygens (including phenoxy) is 3. The SMILES string of the molecule is COc1ccc(OC)c([C@H](C)NC(=O)CN2CCC[C@@H]2CN2C[C@@H](C)O[C@H](C)C2)c1. The van der Waals surface area contributed by atoms with Crippen molar-refractivity contribution in [3.05, 3.63) is 23.8 Å². The Hall–Kier alpha value is -1.83. The summed E-state index contributed by atoms with van der Waals surface area (Å²) in [4.78, 5) is 17.6. The first-order valence-corrected chi connectivity index (χ1v) is 11.0. The Bertz CT molecular complexity index is 704. The van der Waals surface area contributed by atoms with Crippen molar-refractivity contribution in [3.63, 3.8) is 0 Å². The van der Waals surface area contributed by atoms with Gasteiger partial charge in [0, 0.05) is 31.2 Å². The van der Waals surface area contributed by atoms with Crippen molar-refractivity contribution >= 4 is 5.91 Å². The molecule has 0 spiro atoms. The third-order valence-corrected chi connectivity index (χ3v) is 6.09. The molecule has 3 rings (SSSR count). The van der Waals surface area contributed by atoms with Crippen LogP contribution in [0.1, 0.15) is 45.2 Å². The van der Waals surface area contributed by atoms with Gasteiger partial charge < -0.3 is 19.5 Å². The van der Waals surface area contributed by atoms with E-state index in [1.165, 1.54) is 0 Å². The number of rotatable bonds is 8. The molecule has 2 aliphatic rings. The number of methoxy groups -OCH3 is 2. The average Bonchev–Trinajstić information content (AvgIpc) is 3.12. The van der Waals surface area contributed by atoms with Gasteiger partial charge in [-0.15, -0.1) is 0 Å². The molecule has 4 atom stereocenters. The molecule has 30 heavy (non-hydrogen) atoms. The summed E-state index contributed by atoms with van der Waals surface area (Å²) < 4.78 is 16.7. The molecule has 2 saturated heterocycles. The second kappa shape index (κ2) is 10.5. The third-order valence-electron chi connectivity index (χ3n) is 6.09. The van der Waals surface area contributed by atoms with Crippen LogP contribution in [-0.4, -0.2) is 80.9 Å². The number of hydrogen-bond acceptors (Lipinski definition) is 6. The van der Waals surface area contributed by atoms with Gasteiger partial charge in [0.05, 0.1) is 39.0 Å². The zero-order chi connectivity index (χ0) is 21.7. The zero-order valence-electron chi connectivity index (χ0n) is 19.0. The highest BCUT2D eigenvalue weighted by atomic mass is 16.5. The predicted molar refractivity (Wildman–Crippen MR) is 117 cm³/mol. The van der Waals surface area contributed by atoms with Gasteiger partial charge in [-0.2, -0.15) is 0 Å². The lowest BCUT2D eigenvalue weighted by molar-refractivity contribution is -0.123. The predicted octanol–water partition coefficient (Wildman–Crippen LogP) is 2.45. The quantitative estimate of drug-likeness (QED) is 0.698. The van der Waals surface area contributed by atoms with Crippen LogP contribution < -0.4 is 14.8 Å². The van der Waals surface area contributed by atoms with Gasteiger partial charge in [-0.05, 0) is 58.4 Å². The number of carbonyl (C=O) groups excluding carboxylic acids is 1. The van der Waals surface area contributed by atoms with Crippen LogP contribution in [-0.2, 0) is 9.53 Å². The molecule has 0 aliphatic carbocycles. The molecule has 1 N–H and O–H groups in total. The van der Waals surface area contributed by atoms with Crippen LogP contribution in [0.3, 0.4) is 0 Å². The Morgan fingerprint density at radius 3 is 2.63 bits per heavy atom. The minimum absolute atomic E-state index is 0.0444. The summed E-state index contributed by atoms with van der Waals surface area (Å²) in [5.74, 6) is 1.54. The van der Waals surface area contributed by atoms with Gasteiger partial charge >= 0.3 is 0 Å². The van der Waals surface area contributed by atoms with Crippen molar-refractivity contribution in [2.75, 3.05) is 46.9 Å². The Morgan fingerprint density at radius 2 is 1.97 bits per heavy atom. The van der Waals surface area contributed by atoms with Gasteiger partial charge in [-0.1, -0.05) is 0 Å². The van der Waals surface area contributed by atoms with Crippen molar-refractivity contribution in [3.8, 4) is 11.5 Å². The van der Waals surface area contributed by atoms with Crippen LogP contribution in [0, 0.1) is 0 Å². The van der Waals surface area contributed by atoms with E-state index in [0.29, 0.717) is 12.6 Å². The van der Waals surface area contributed by atoms with Gasteiger partial charge in [-0.3, -0.25) is 14.6 Å². The number of carbonyl (C=O) groups is 1. The number of amides is 1. The van der Waals surface area contributed by atoms with E-state index in [2.05, 4.69) is 29.0 Å². The summed E-state index contributed by atoms with van der Waals surface area (Å²) >= 11 is 0. The second-order valence-electron chi connectivity index (χ2n) is 8.64. The van der Waals surface area contributed by atoms with Gasteiger partial charge in [0.15, 0.2) is 0 Å². The summed E-state index contributed by atoms with van der Waals surface area (Å²) in [6.07, 6.45) is 2.83. The molecule has 2 heterocycles. The van der Waals surface area contributed by atoms with Crippen molar-refractivity contribution in [1.29, 1.82) is 0 Å². The van der Waals surface area contributed by atoms with Crippen LogP contribution in [0.5, 0.6) is 11.5 Å². The van der Waals surface area contributed by atoms with E-state index in [1.807, 2.05) is 25.1 Å². The van der Waals surface area contributed by atoms with E-state index < -0.39 is 0 Å². The lowest BCUT2D eigenvalue weighted by atomic mass is 10.1. The van der Waals surface area contributed by atoms with E-state index in [0.717, 1.165) is 56.1 Å². The van der Waals surface area contributed by atoms with Crippen molar-refractivity contribution in [2.24, 2.45) is 0 Å². The standard InChI is InChI=1S/C23H37N3O4/c1-16-12-25(13-17(2)30-16)14-19-7-6-10-26(19)15-23(27)24-18(3)21-11-20(28-4)8-9-22(21)29-5/h8-9,11,16-19H,6-7,10,12-15H2,1-5H3,(H,24,27)/t16-,17-,18+,19-/m1/s1. The van der Waals surface area contributed by atoms with Crippen LogP contribution in [0.4, 0.5) is 0 Å². The summed E-state index contributed by atoms with van der Waals surface area (Å²) in [7, 11) is 3.28. The largest absolute Gasteiger partial charge is 0.497 e. The third kappa shape index (κ3) is 5.86. The van der Waals surface area contributed by atoms with Crippen LogP contribution in [0.2, 0.25) is 0 Å². The number of likely N-dealkylation sites (tertiary alicyclic amines) is 1. The van der Waals surface area contributed by atoms with Crippen LogP contribution in [0.25, 0.3) is 0 Å². The molecule has 0 unspecified atom stereocenters. The number of nitrogens with zero attached hydrogens (tertiary/aromatic N) is 2. The molecule has 0 saturated carbocycles. The number of benzene rings is 1. The van der Waals surface area contributed by atoms with Gasteiger partial charge in [0.25, 0.3) is 0 Å². The molecule has 2 fully saturated rings. The maximum Gasteiger partial charge on any atom is 0.234 e. The Morgan fingerprint density at radius 1 is 1.23 bits per heavy atom. The highest BCUT2D eigenvalue weighted by Gasteiger charge is 2.31. The molecule has 1 amide bonds. The molecule has 7 nitrogen and oxygen atoms in total. The topological polar surface area (TPSA) is 63.3 Å². The highest BCUT2D eigenvalue weighted by Crippen LogP contribution is 2.29. The fourth-order valence-corrected chi connectivity index (χ4v) is 4.77. The maximum atomic E-state index is 12.8. The highest BCUT2D eigenvalue weighted by molar-refractivity contribution is 5.78. The normalized spacial score (nSPS) is 26.4. The molecule has 0 aromatic heterocycles. The van der Waals surface area contributed by atoms with Gasteiger partial charge in [0.2, 0.25) is 5.91 Å². The molecular formula is C23H37N3O4. The minimum atomic E-state index is -0.162. The molecule has 168 valence electrons. The summed E-state index contributed by atoms with van der Waals surface area (Å²) in [5.41, 5.74) is 0.916. The lowest BCUT2D eigenvalue weighted by Gasteiger charge is -2.38. The van der Waals surface area contributed by atoms with Crippen molar-refractivity contribution < 1.29 is 19.0 Å². The Kier molecular flexibility index (Phi) is 7.97. The van der Waals surface area contributed by atoms with Gasteiger partial charge in [0.1, 0.15) is 11.5 Å². The van der Waals surface area contributed by atoms with Crippen LogP contribution >= 0.6 is 0 Å². The summed E-state index contributed by atoms with van der Waals surface area (Å²) in [5, 5.41) is 3.14. The fourth-order valence-electron chi connectivity index (χ4n) is 4.77. The smallest absolute Gasteiger partial charge is 0.234 e. The fraction of sp³-hybridized carbons (Fsp3) is 0.696. The molecular weight excluding hydrogens is 382 g/mol. The molecule has 1 aromatic rings. The van der Waals surface area contributed by atoms with E-state index >= 15 is 0 Å². The summed E-state index contributed by atoms with van der Waals surface area (Å²) in [6.45, 7) is 10.6. The van der Waals surface area contributed by atoms with Crippen molar-refractivity contribution in [2.45, 2.75) is 57.9 Å². The average molecular weight is 420 g/mol. The first kappa shape index (κ1) is 22.8. The molecule has 1 aromatic carbocycles. The first-order valence-electron chi connectivity index (χ1n) is 11.0. The minimum Gasteiger partial charge on any atom is -0.497 e. The maximum absolute atomic E-state index is 12.8. The molecule has 0 radical (unpaired) electrons. The second-order valence-corrected chi connectivity index (χ2v) is 8.64. The molecule has 7 heteroatoms. The van der Waals surface area contributed by atoms with Gasteiger partial charge in [-0.25, -0.2) is 0 Å². The number of nitrogens with one attached hydrogen (secondary N) is 1. The summed E-state index contributed by atoms with van der Waals surface area (Å²) in [6, 6.07) is 5.92. The van der Waals surface area contributed by atoms with E-state index in [4.69, 9.17) is 14.2 Å².